The summed E-state index contributed by atoms with van der Waals surface area (Å²) in [5.41, 5.74) is 2.07. The van der Waals surface area contributed by atoms with Gasteiger partial charge in [-0.25, -0.2) is 0 Å². The minimum Gasteiger partial charge on any atom is -0.506 e. The van der Waals surface area contributed by atoms with Crippen molar-refractivity contribution in [3.05, 3.63) is 23.3 Å². The molecule has 0 aliphatic heterocycles. The summed E-state index contributed by atoms with van der Waals surface area (Å²) < 4.78 is 5.81. The summed E-state index contributed by atoms with van der Waals surface area (Å²) >= 11 is 0. The highest BCUT2D eigenvalue weighted by atomic mass is 16.5. The summed E-state index contributed by atoms with van der Waals surface area (Å²) in [5.74, 6) is 1.39. The zero-order valence-electron chi connectivity index (χ0n) is 18.9. The Kier molecular flexibility index (Phi) is 6.59. The molecule has 2 N–H and O–H groups in total. The average Bonchev–Trinajstić information content (AvgIpc) is 3.46. The van der Waals surface area contributed by atoms with Gasteiger partial charge in [0.15, 0.2) is 5.78 Å². The van der Waals surface area contributed by atoms with Gasteiger partial charge in [0.05, 0.1) is 30.0 Å². The molecule has 2 atom stereocenters. The smallest absolute Gasteiger partial charge is 0.180 e. The predicted molar refractivity (Wildman–Crippen MR) is 118 cm³/mol. The Morgan fingerprint density at radius 2 is 2.00 bits per heavy atom. The molecular weight excluding hydrogens is 364 g/mol. The Morgan fingerprint density at radius 3 is 2.59 bits per heavy atom. The molecule has 2 aliphatic rings. The maximum atomic E-state index is 13.4. The second-order valence-electron chi connectivity index (χ2n) is 9.89. The van der Waals surface area contributed by atoms with E-state index in [0.717, 1.165) is 36.4 Å². The zero-order chi connectivity index (χ0) is 21.3. The molecule has 0 spiro atoms. The molecular formula is C24H38N2O3. The molecule has 0 heterocycles. The van der Waals surface area contributed by atoms with Crippen LogP contribution < -0.4 is 5.32 Å². The monoisotopic (exact) mass is 402 g/mol. The van der Waals surface area contributed by atoms with Crippen molar-refractivity contribution in [2.24, 2.45) is 5.92 Å². The van der Waals surface area contributed by atoms with E-state index in [1.54, 1.807) is 6.07 Å². The topological polar surface area (TPSA) is 61.8 Å². The highest BCUT2D eigenvalue weighted by Crippen LogP contribution is 2.45. The quantitative estimate of drug-likeness (QED) is 0.581. The molecule has 29 heavy (non-hydrogen) atoms. The van der Waals surface area contributed by atoms with Gasteiger partial charge in [0.25, 0.3) is 0 Å². The molecule has 0 aromatic heterocycles. The van der Waals surface area contributed by atoms with Crippen LogP contribution in [0.1, 0.15) is 82.1 Å². The van der Waals surface area contributed by atoms with Gasteiger partial charge in [0, 0.05) is 12.1 Å². The van der Waals surface area contributed by atoms with E-state index in [1.807, 2.05) is 19.9 Å². The molecule has 0 amide bonds. The number of hydrogen-bond acceptors (Lipinski definition) is 5. The number of hydrogen-bond donors (Lipinski definition) is 2. The Bertz CT molecular complexity index is 740. The number of nitrogens with zero attached hydrogens (tertiary/aromatic N) is 1. The normalized spacial score (nSPS) is 22.3. The van der Waals surface area contributed by atoms with Gasteiger partial charge in [-0.3, -0.25) is 9.69 Å². The number of carbonyl (C=O) groups is 1. The first-order valence-electron chi connectivity index (χ1n) is 11.1. The third kappa shape index (κ3) is 5.13. The van der Waals surface area contributed by atoms with Crippen molar-refractivity contribution in [1.82, 2.24) is 4.90 Å². The largest absolute Gasteiger partial charge is 0.506 e. The van der Waals surface area contributed by atoms with Gasteiger partial charge < -0.3 is 15.2 Å². The van der Waals surface area contributed by atoms with E-state index in [9.17, 15) is 9.90 Å². The summed E-state index contributed by atoms with van der Waals surface area (Å²) in [6, 6.07) is 3.41. The predicted octanol–water partition coefficient (Wildman–Crippen LogP) is 4.80. The highest BCUT2D eigenvalue weighted by molar-refractivity contribution is 6.04. The number of phenolic OH excluding ortho intramolecular Hbond substituents is 1. The molecule has 5 heteroatoms. The number of aromatic hydroxyl groups is 1. The fourth-order valence-electron chi connectivity index (χ4n) is 4.39. The van der Waals surface area contributed by atoms with Gasteiger partial charge >= 0.3 is 0 Å². The minimum absolute atomic E-state index is 0.0669. The number of phenols is 1. The van der Waals surface area contributed by atoms with Crippen molar-refractivity contribution in [3.63, 3.8) is 0 Å². The van der Waals surface area contributed by atoms with Gasteiger partial charge in [-0.05, 0) is 90.0 Å². The SMILES string of the molecule is CCC1CC(N(C)CC2CC2)C(=O)c2ccc(O)c(NC(C)(C)COC(C)C)c21. The molecule has 5 nitrogen and oxygen atoms in total. The zero-order valence-corrected chi connectivity index (χ0v) is 18.9. The molecule has 1 aromatic carbocycles. The molecule has 0 radical (unpaired) electrons. The van der Waals surface area contributed by atoms with E-state index < -0.39 is 0 Å². The van der Waals surface area contributed by atoms with Gasteiger partial charge in [-0.1, -0.05) is 6.92 Å². The fraction of sp³-hybridized carbons (Fsp3) is 0.708. The Morgan fingerprint density at radius 1 is 1.31 bits per heavy atom. The third-order valence-electron chi connectivity index (χ3n) is 6.22. The number of ether oxygens (including phenoxy) is 1. The van der Waals surface area contributed by atoms with Crippen LogP contribution in [0, 0.1) is 5.92 Å². The average molecular weight is 403 g/mol. The maximum Gasteiger partial charge on any atom is 0.180 e. The van der Waals surface area contributed by atoms with Crippen LogP contribution in [0.15, 0.2) is 12.1 Å². The van der Waals surface area contributed by atoms with Crippen molar-refractivity contribution in [2.45, 2.75) is 83.9 Å². The van der Waals surface area contributed by atoms with Crippen LogP contribution in [-0.2, 0) is 4.74 Å². The molecule has 162 valence electrons. The number of nitrogens with one attached hydrogen (secondary N) is 1. The van der Waals surface area contributed by atoms with Crippen LogP contribution in [0.25, 0.3) is 0 Å². The van der Waals surface area contributed by atoms with Crippen molar-refractivity contribution in [1.29, 1.82) is 0 Å². The van der Waals surface area contributed by atoms with E-state index in [1.165, 1.54) is 12.8 Å². The van der Waals surface area contributed by atoms with Crippen LogP contribution >= 0.6 is 0 Å². The standard InChI is InChI=1S/C24H38N2O3/c1-7-17-12-19(26(6)13-16-8-9-16)23(28)18-10-11-20(27)22(21(17)18)25-24(4,5)14-29-15(2)3/h10-11,15-17,19,25,27H,7-9,12-14H2,1-6H3. The van der Waals surface area contributed by atoms with Crippen LogP contribution in [0.3, 0.4) is 0 Å². The molecule has 2 aliphatic carbocycles. The number of rotatable bonds is 9. The second-order valence-corrected chi connectivity index (χ2v) is 9.89. The van der Waals surface area contributed by atoms with Crippen molar-refractivity contribution in [2.75, 3.05) is 25.5 Å². The molecule has 1 fully saturated rings. The second kappa shape index (κ2) is 8.65. The minimum atomic E-state index is -0.363. The number of benzene rings is 1. The van der Waals surface area contributed by atoms with E-state index in [2.05, 4.69) is 38.0 Å². The number of carbonyl (C=O) groups excluding carboxylic acids is 1. The first-order chi connectivity index (χ1) is 13.6. The summed E-state index contributed by atoms with van der Waals surface area (Å²) in [5, 5.41) is 14.2. The van der Waals surface area contributed by atoms with E-state index in [4.69, 9.17) is 4.74 Å². The lowest BCUT2D eigenvalue weighted by atomic mass is 9.76. The Balaban J connectivity index is 1.91. The van der Waals surface area contributed by atoms with Crippen molar-refractivity contribution >= 4 is 11.5 Å². The van der Waals surface area contributed by atoms with Gasteiger partial charge in [0.1, 0.15) is 5.75 Å². The number of ketones is 1. The number of Topliss-reactive ketones (excluding diaryl/α,β-unsaturated/α-hetero) is 1. The summed E-state index contributed by atoms with van der Waals surface area (Å²) in [7, 11) is 2.09. The third-order valence-corrected chi connectivity index (χ3v) is 6.22. The van der Waals surface area contributed by atoms with Crippen molar-refractivity contribution in [3.8, 4) is 5.75 Å². The Labute approximate surface area is 175 Å². The van der Waals surface area contributed by atoms with Gasteiger partial charge in [-0.2, -0.15) is 0 Å². The first kappa shape index (κ1) is 22.1. The first-order valence-corrected chi connectivity index (χ1v) is 11.1. The summed E-state index contributed by atoms with van der Waals surface area (Å²) in [6.45, 7) is 11.8. The summed E-state index contributed by atoms with van der Waals surface area (Å²) in [6.07, 6.45) is 4.46. The van der Waals surface area contributed by atoms with Crippen LogP contribution in [0.4, 0.5) is 5.69 Å². The van der Waals surface area contributed by atoms with Crippen LogP contribution in [0.5, 0.6) is 5.75 Å². The molecule has 0 saturated heterocycles. The molecule has 3 rings (SSSR count). The highest BCUT2D eigenvalue weighted by Gasteiger charge is 2.39. The number of anilines is 1. The van der Waals surface area contributed by atoms with Gasteiger partial charge in [-0.15, -0.1) is 0 Å². The van der Waals surface area contributed by atoms with E-state index in [-0.39, 0.29) is 35.1 Å². The molecule has 1 aromatic rings. The summed E-state index contributed by atoms with van der Waals surface area (Å²) in [4.78, 5) is 15.6. The van der Waals surface area contributed by atoms with Crippen LogP contribution in [-0.4, -0.2) is 53.7 Å². The van der Waals surface area contributed by atoms with Crippen molar-refractivity contribution < 1.29 is 14.6 Å². The lowest BCUT2D eigenvalue weighted by Crippen LogP contribution is -2.44. The number of fused-ring (bicyclic) bond motifs is 1. The fourth-order valence-corrected chi connectivity index (χ4v) is 4.39. The van der Waals surface area contributed by atoms with E-state index >= 15 is 0 Å². The van der Waals surface area contributed by atoms with Crippen LogP contribution in [0.2, 0.25) is 0 Å². The molecule has 0 bridgehead atoms. The number of likely N-dealkylation sites (N-methyl/N-ethyl adjacent to an activating group) is 1. The van der Waals surface area contributed by atoms with Gasteiger partial charge in [0.2, 0.25) is 0 Å². The maximum absolute atomic E-state index is 13.4. The molecule has 2 unspecified atom stereocenters. The Hall–Kier alpha value is -1.59. The molecule has 1 saturated carbocycles. The lowest BCUT2D eigenvalue weighted by molar-refractivity contribution is 0.0546. The van der Waals surface area contributed by atoms with E-state index in [0.29, 0.717) is 12.3 Å². The lowest BCUT2D eigenvalue weighted by Gasteiger charge is -2.38.